The second-order valence-corrected chi connectivity index (χ2v) is 38.7. The van der Waals surface area contributed by atoms with Crippen LogP contribution in [0.25, 0.3) is 183 Å². The summed E-state index contributed by atoms with van der Waals surface area (Å²) in [5, 5.41) is 19.8. The normalized spacial score (nSPS) is 11.7. The average Bonchev–Trinajstić information content (AvgIpc) is 1.57. The molecule has 0 amide bonds. The summed E-state index contributed by atoms with van der Waals surface area (Å²) in [5.41, 5.74) is 32.1. The van der Waals surface area contributed by atoms with E-state index >= 15 is 0 Å². The molecule has 0 N–H and O–H groups in total. The Kier molecular flexibility index (Phi) is 20.9. The summed E-state index contributed by atoms with van der Waals surface area (Å²) in [5.74, 6) is 0. The molecule has 0 bridgehead atoms. The van der Waals surface area contributed by atoms with Gasteiger partial charge in [-0.05, 0) is 231 Å². The van der Waals surface area contributed by atoms with Crippen molar-refractivity contribution in [2.75, 3.05) is 19.6 Å². The van der Waals surface area contributed by atoms with E-state index in [4.69, 9.17) is 8.83 Å². The lowest BCUT2D eigenvalue weighted by molar-refractivity contribution is 0.668. The third-order valence-electron chi connectivity index (χ3n) is 28.1. The maximum Gasteiger partial charge on any atom is 0.159 e. The van der Waals surface area contributed by atoms with Crippen LogP contribution in [0.1, 0.15) is 16.7 Å². The minimum Gasteiger partial charge on any atom is -0.454 e. The maximum atomic E-state index is 6.70. The van der Waals surface area contributed by atoms with Crippen LogP contribution >= 0.6 is 22.7 Å². The minimum atomic E-state index is 0.859. The lowest BCUT2D eigenvalue weighted by atomic mass is 9.94. The molecule has 23 aromatic carbocycles. The molecule has 0 saturated carbocycles. The Bertz CT molecular complexity index is 9520. The Morgan fingerprint density at radius 3 is 0.908 bits per heavy atom. The highest BCUT2D eigenvalue weighted by Gasteiger charge is 2.29. The molecule has 27 rings (SSSR count). The van der Waals surface area contributed by atoms with Gasteiger partial charge in [-0.2, -0.15) is 0 Å². The Labute approximate surface area is 824 Å². The lowest BCUT2D eigenvalue weighted by Crippen LogP contribution is -2.13. The summed E-state index contributed by atoms with van der Waals surface area (Å²) in [6.07, 6.45) is 0. The van der Waals surface area contributed by atoms with Gasteiger partial charge >= 0.3 is 0 Å². The fraction of sp³-hybridized carbons (Fsp3) is 0.0226. The summed E-state index contributed by atoms with van der Waals surface area (Å²) in [6, 6.07) is 178. The number of thiophene rings is 2. The SMILES string of the molecule is Cc1cc(C)c(N(c2ccccc2)c2ccc3c(c2)sc2c4ccc(-c5ccc(N(c6ccccc6-c6ccccc6)c6cccc7c6oc6ccccc67)cc5)cc4c4ccccc4c32)c(C)c1.c1ccc(-c2ccccc2N(c2ccccc2)c2ccc3c(c2)sc2c4ccc(-c5ccc(N(c6ccccc6-c6ccccc6)c6cccc7c6oc6ccccc67)cc5)cc4c4ccccc4c32)cc1. The molecule has 27 aromatic rings. The van der Waals surface area contributed by atoms with E-state index in [9.17, 15) is 0 Å². The first-order valence-corrected chi connectivity index (χ1v) is 49.8. The van der Waals surface area contributed by atoms with Crippen LogP contribution in [-0.2, 0) is 0 Å². The van der Waals surface area contributed by atoms with Crippen LogP contribution < -0.4 is 19.6 Å². The first kappa shape index (κ1) is 83.9. The van der Waals surface area contributed by atoms with Gasteiger partial charge in [-0.3, -0.25) is 0 Å². The largest absolute Gasteiger partial charge is 0.454 e. The third kappa shape index (κ3) is 14.7. The lowest BCUT2D eigenvalue weighted by Gasteiger charge is -2.29. The molecule has 8 heteroatoms. The predicted molar refractivity (Wildman–Crippen MR) is 603 cm³/mol. The van der Waals surface area contributed by atoms with Gasteiger partial charge in [0.2, 0.25) is 0 Å². The van der Waals surface area contributed by atoms with Crippen molar-refractivity contribution in [3.63, 3.8) is 0 Å². The van der Waals surface area contributed by atoms with Crippen LogP contribution in [0, 0.1) is 20.8 Å². The molecule has 0 aliphatic carbocycles. The van der Waals surface area contributed by atoms with Crippen LogP contribution in [0.5, 0.6) is 0 Å². The second-order valence-electron chi connectivity index (χ2n) is 36.6. The highest BCUT2D eigenvalue weighted by Crippen LogP contribution is 2.55. The van der Waals surface area contributed by atoms with E-state index in [0.717, 1.165) is 140 Å². The highest BCUT2D eigenvalue weighted by molar-refractivity contribution is 7.27. The summed E-state index contributed by atoms with van der Waals surface area (Å²) < 4.78 is 18.6. The quantitative estimate of drug-likeness (QED) is 0.0846. The van der Waals surface area contributed by atoms with Crippen LogP contribution in [-0.4, -0.2) is 0 Å². The number of para-hydroxylation sites is 9. The molecule has 0 atom stereocenters. The van der Waals surface area contributed by atoms with Crippen molar-refractivity contribution in [2.24, 2.45) is 0 Å². The summed E-state index contributed by atoms with van der Waals surface area (Å²) in [4.78, 5) is 9.55. The highest BCUT2D eigenvalue weighted by atomic mass is 32.1. The van der Waals surface area contributed by atoms with E-state index in [0.29, 0.717) is 0 Å². The zero-order valence-electron chi connectivity index (χ0n) is 77.7. The second kappa shape index (κ2) is 35.2. The third-order valence-corrected chi connectivity index (χ3v) is 30.5. The van der Waals surface area contributed by atoms with Gasteiger partial charge in [0.05, 0.1) is 34.1 Å². The Hall–Kier alpha value is -17.7. The molecule has 0 aliphatic rings. The Balaban J connectivity index is 0.000000145. The van der Waals surface area contributed by atoms with Gasteiger partial charge < -0.3 is 28.4 Å². The van der Waals surface area contributed by atoms with Gasteiger partial charge in [0.25, 0.3) is 0 Å². The number of benzene rings is 23. The molecule has 4 heterocycles. The van der Waals surface area contributed by atoms with Crippen molar-refractivity contribution in [1.82, 2.24) is 0 Å². The fourth-order valence-corrected chi connectivity index (χ4v) is 24.4. The molecule has 0 radical (unpaired) electrons. The van der Waals surface area contributed by atoms with Crippen molar-refractivity contribution in [3.8, 4) is 55.6 Å². The van der Waals surface area contributed by atoms with Crippen molar-refractivity contribution in [2.45, 2.75) is 20.8 Å². The molecule has 0 saturated heterocycles. The first-order valence-electron chi connectivity index (χ1n) is 48.1. The van der Waals surface area contributed by atoms with Crippen molar-refractivity contribution >= 4 is 218 Å². The molecular weight excluding hydrogens is 1750 g/mol. The van der Waals surface area contributed by atoms with E-state index in [2.05, 4.69) is 520 Å². The standard InChI is InChI=1S/C68H44N2OS.C65H46N2OS/c1-4-19-46(20-5-1)52-25-12-15-31-61(52)69(49-23-8-3-9-24-49)51-40-42-59-65(44-51)72-68-58-41-37-48(43-60(58)54-27-10-11-29-56(54)66(59)68)45-35-38-50(39-36-45)70(62-32-16-13-26-53(62)47-21-6-2-7-22-47)63-33-18-30-57-55-28-14-17-34-64(55)71-67(57)63;1-41-37-42(2)63(43(3)38-41)66(47-19-8-5-9-20-47)49-34-36-56-61(40-49)69-65-55-35-31-46(39-57(55)51-22-10-11-24-53(51)62(56)65)44-29-32-48(33-30-44)67(58-26-14-12-21-50(58)45-17-6-4-7-18-45)59-27-16-25-54-52-23-13-15-28-60(52)68-64(54)59/h1-44H;4-40H,1-3H3. The fourth-order valence-electron chi connectivity index (χ4n) is 21.9. The number of hydrogen-bond acceptors (Lipinski definition) is 8. The molecule has 0 unspecified atom stereocenters. The zero-order chi connectivity index (χ0) is 93.7. The van der Waals surface area contributed by atoms with Crippen LogP contribution in [0.3, 0.4) is 0 Å². The number of hydrogen-bond donors (Lipinski definition) is 0. The van der Waals surface area contributed by atoms with E-state index in [1.165, 1.54) is 128 Å². The molecule has 0 spiro atoms. The minimum absolute atomic E-state index is 0.859. The number of fused-ring (bicyclic) bond motifs is 22. The number of rotatable bonds is 17. The molecule has 4 aromatic heterocycles. The van der Waals surface area contributed by atoms with Gasteiger partial charge in [-0.1, -0.05) is 370 Å². The molecule has 6 nitrogen and oxygen atoms in total. The van der Waals surface area contributed by atoms with E-state index in [-0.39, 0.29) is 0 Å². The Morgan fingerprint density at radius 1 is 0.184 bits per heavy atom. The smallest absolute Gasteiger partial charge is 0.159 e. The van der Waals surface area contributed by atoms with Crippen LogP contribution in [0.2, 0.25) is 0 Å². The van der Waals surface area contributed by atoms with Gasteiger partial charge in [0.1, 0.15) is 11.2 Å². The molecule has 0 aliphatic heterocycles. The van der Waals surface area contributed by atoms with E-state index < -0.39 is 0 Å². The molecule has 666 valence electrons. The van der Waals surface area contributed by atoms with Crippen LogP contribution in [0.4, 0.5) is 68.2 Å². The number of aryl methyl sites for hydroxylation is 3. The van der Waals surface area contributed by atoms with Crippen molar-refractivity contribution in [3.05, 3.63) is 508 Å². The predicted octanol–water partition coefficient (Wildman–Crippen LogP) is 39.7. The number of furan rings is 2. The first-order chi connectivity index (χ1) is 69.7. The zero-order valence-corrected chi connectivity index (χ0v) is 79.3. The monoisotopic (exact) mass is 1840 g/mol. The molecule has 0 fully saturated rings. The van der Waals surface area contributed by atoms with Gasteiger partial charge in [0, 0.05) is 123 Å². The summed E-state index contributed by atoms with van der Waals surface area (Å²) in [7, 11) is 0. The number of nitrogens with zero attached hydrogens (tertiary/aromatic N) is 4. The van der Waals surface area contributed by atoms with Gasteiger partial charge in [-0.25, -0.2) is 0 Å². The maximum absolute atomic E-state index is 6.70. The average molecular weight is 1840 g/mol. The molecular formula is C133H90N4O2S2. The number of anilines is 12. The van der Waals surface area contributed by atoms with Crippen LogP contribution in [0.15, 0.2) is 500 Å². The topological polar surface area (TPSA) is 39.2 Å². The van der Waals surface area contributed by atoms with Crippen molar-refractivity contribution in [1.29, 1.82) is 0 Å². The summed E-state index contributed by atoms with van der Waals surface area (Å²) >= 11 is 3.80. The van der Waals surface area contributed by atoms with Gasteiger partial charge in [0.15, 0.2) is 11.2 Å². The van der Waals surface area contributed by atoms with Crippen molar-refractivity contribution < 1.29 is 8.83 Å². The van der Waals surface area contributed by atoms with E-state index in [1.807, 2.05) is 34.8 Å². The molecule has 141 heavy (non-hydrogen) atoms. The Morgan fingerprint density at radius 2 is 0.489 bits per heavy atom. The van der Waals surface area contributed by atoms with E-state index in [1.54, 1.807) is 0 Å². The summed E-state index contributed by atoms with van der Waals surface area (Å²) in [6.45, 7) is 6.64. The van der Waals surface area contributed by atoms with Gasteiger partial charge in [-0.15, -0.1) is 22.7 Å².